The van der Waals surface area contributed by atoms with Crippen LogP contribution in [0.4, 0.5) is 5.69 Å². The molecule has 2 aromatic carbocycles. The minimum atomic E-state index is -0.296. The first-order valence-corrected chi connectivity index (χ1v) is 8.95. The lowest BCUT2D eigenvalue weighted by molar-refractivity contribution is -0.116. The summed E-state index contributed by atoms with van der Waals surface area (Å²) in [5, 5.41) is 2.87. The molecule has 0 saturated heterocycles. The van der Waals surface area contributed by atoms with Gasteiger partial charge in [0.15, 0.2) is 0 Å². The zero-order valence-electron chi connectivity index (χ0n) is 15.5. The number of hydrogen-bond donors (Lipinski definition) is 1. The Labute approximate surface area is 158 Å². The number of aromatic nitrogens is 2. The van der Waals surface area contributed by atoms with Crippen molar-refractivity contribution in [1.29, 1.82) is 0 Å². The minimum absolute atomic E-state index is 0.0322. The molecule has 3 rings (SSSR count). The Bertz CT molecular complexity index is 971. The molecule has 0 aliphatic heterocycles. The van der Waals surface area contributed by atoms with Crippen molar-refractivity contribution in [2.75, 3.05) is 18.4 Å². The fourth-order valence-corrected chi connectivity index (χ4v) is 2.82. The molecule has 1 N–H and O–H groups in total. The molecule has 2 amide bonds. The highest BCUT2D eigenvalue weighted by molar-refractivity contribution is 5.99. The number of anilines is 1. The third-order valence-electron chi connectivity index (χ3n) is 4.20. The second-order valence-corrected chi connectivity index (χ2v) is 6.33. The summed E-state index contributed by atoms with van der Waals surface area (Å²) >= 11 is 0. The van der Waals surface area contributed by atoms with E-state index in [1.807, 2.05) is 62.4 Å². The molecule has 0 bridgehead atoms. The van der Waals surface area contributed by atoms with Gasteiger partial charge in [-0.05, 0) is 37.1 Å². The maximum atomic E-state index is 12.9. The van der Waals surface area contributed by atoms with Crippen LogP contribution in [0.15, 0.2) is 54.7 Å². The van der Waals surface area contributed by atoms with Gasteiger partial charge < -0.3 is 10.2 Å². The Kier molecular flexibility index (Phi) is 5.76. The molecule has 0 fully saturated rings. The molecule has 138 valence electrons. The predicted molar refractivity (Wildman–Crippen MR) is 106 cm³/mol. The van der Waals surface area contributed by atoms with Gasteiger partial charge in [-0.15, -0.1) is 0 Å². The van der Waals surface area contributed by atoms with Crippen molar-refractivity contribution in [2.24, 2.45) is 0 Å². The van der Waals surface area contributed by atoms with Crippen molar-refractivity contribution >= 4 is 28.5 Å². The Hall–Kier alpha value is -3.28. The average molecular weight is 362 g/mol. The van der Waals surface area contributed by atoms with Gasteiger partial charge in [-0.1, -0.05) is 37.3 Å². The molecule has 1 aromatic heterocycles. The number of nitrogens with one attached hydrogen (secondary N) is 1. The molecule has 1 heterocycles. The van der Waals surface area contributed by atoms with Crippen LogP contribution in [-0.2, 0) is 4.79 Å². The predicted octanol–water partition coefficient (Wildman–Crippen LogP) is 3.43. The topological polar surface area (TPSA) is 75.2 Å². The summed E-state index contributed by atoms with van der Waals surface area (Å²) in [6.45, 7) is 4.32. The first kappa shape index (κ1) is 18.5. The molecule has 0 aliphatic carbocycles. The average Bonchev–Trinajstić information content (AvgIpc) is 2.68. The minimum Gasteiger partial charge on any atom is -0.328 e. The number of rotatable bonds is 6. The van der Waals surface area contributed by atoms with Crippen LogP contribution < -0.4 is 5.32 Å². The van der Waals surface area contributed by atoms with Crippen molar-refractivity contribution in [2.45, 2.75) is 20.3 Å². The summed E-state index contributed by atoms with van der Waals surface area (Å²) in [5.41, 5.74) is 3.35. The molecule has 3 aromatic rings. The van der Waals surface area contributed by atoms with Gasteiger partial charge in [-0.25, -0.2) is 4.98 Å². The Morgan fingerprint density at radius 2 is 1.74 bits per heavy atom. The quantitative estimate of drug-likeness (QED) is 0.729. The molecule has 27 heavy (non-hydrogen) atoms. The SMILES string of the molecule is CCCN(CC(=O)Nc1ccccc1C)C(=O)c1cnc2ccccc2n1. The lowest BCUT2D eigenvalue weighted by Crippen LogP contribution is -2.39. The van der Waals surface area contributed by atoms with Crippen LogP contribution in [0.3, 0.4) is 0 Å². The van der Waals surface area contributed by atoms with E-state index in [0.717, 1.165) is 23.2 Å². The van der Waals surface area contributed by atoms with Crippen LogP contribution in [0.2, 0.25) is 0 Å². The first-order chi connectivity index (χ1) is 13.1. The van der Waals surface area contributed by atoms with E-state index in [0.29, 0.717) is 12.1 Å². The number of para-hydroxylation sites is 3. The second-order valence-electron chi connectivity index (χ2n) is 6.33. The third kappa shape index (κ3) is 4.47. The van der Waals surface area contributed by atoms with Gasteiger partial charge in [0, 0.05) is 12.2 Å². The number of hydrogen-bond acceptors (Lipinski definition) is 4. The standard InChI is InChI=1S/C21H22N4O2/c1-3-12-25(14-20(26)24-16-9-5-4-8-15(16)2)21(27)19-13-22-17-10-6-7-11-18(17)23-19/h4-11,13H,3,12,14H2,1-2H3,(H,24,26). The Balaban J connectivity index is 1.76. The molecule has 0 aliphatic rings. The van der Waals surface area contributed by atoms with E-state index in [9.17, 15) is 9.59 Å². The van der Waals surface area contributed by atoms with Gasteiger partial charge in [0.05, 0.1) is 17.2 Å². The number of carbonyl (C=O) groups excluding carboxylic acids is 2. The number of carbonyl (C=O) groups is 2. The zero-order chi connectivity index (χ0) is 19.2. The van der Waals surface area contributed by atoms with Crippen molar-refractivity contribution in [3.05, 3.63) is 66.0 Å². The molecule has 6 nitrogen and oxygen atoms in total. The van der Waals surface area contributed by atoms with E-state index in [4.69, 9.17) is 0 Å². The van der Waals surface area contributed by atoms with E-state index in [-0.39, 0.29) is 24.1 Å². The molecule has 0 saturated carbocycles. The van der Waals surface area contributed by atoms with Crippen molar-refractivity contribution in [1.82, 2.24) is 14.9 Å². The largest absolute Gasteiger partial charge is 0.328 e. The van der Waals surface area contributed by atoms with Crippen molar-refractivity contribution in [3.8, 4) is 0 Å². The maximum absolute atomic E-state index is 12.9. The van der Waals surface area contributed by atoms with Gasteiger partial charge >= 0.3 is 0 Å². The number of fused-ring (bicyclic) bond motifs is 1. The van der Waals surface area contributed by atoms with Gasteiger partial charge in [-0.3, -0.25) is 14.6 Å². The van der Waals surface area contributed by atoms with E-state index < -0.39 is 0 Å². The maximum Gasteiger partial charge on any atom is 0.274 e. The summed E-state index contributed by atoms with van der Waals surface area (Å²) in [6.07, 6.45) is 2.21. The summed E-state index contributed by atoms with van der Waals surface area (Å²) in [4.78, 5) is 35.5. The highest BCUT2D eigenvalue weighted by Gasteiger charge is 2.20. The monoisotopic (exact) mass is 362 g/mol. The highest BCUT2D eigenvalue weighted by Crippen LogP contribution is 2.14. The van der Waals surface area contributed by atoms with Crippen LogP contribution in [-0.4, -0.2) is 39.8 Å². The number of amides is 2. The van der Waals surface area contributed by atoms with Gasteiger partial charge in [-0.2, -0.15) is 0 Å². The smallest absolute Gasteiger partial charge is 0.274 e. The summed E-state index contributed by atoms with van der Waals surface area (Å²) in [5.74, 6) is -0.533. The van der Waals surface area contributed by atoms with Crippen molar-refractivity contribution < 1.29 is 9.59 Å². The Morgan fingerprint density at radius 3 is 2.48 bits per heavy atom. The fourth-order valence-electron chi connectivity index (χ4n) is 2.82. The number of benzene rings is 2. The van der Waals surface area contributed by atoms with Crippen LogP contribution in [0.5, 0.6) is 0 Å². The summed E-state index contributed by atoms with van der Waals surface area (Å²) in [7, 11) is 0. The van der Waals surface area contributed by atoms with E-state index in [1.165, 1.54) is 11.1 Å². The van der Waals surface area contributed by atoms with E-state index in [2.05, 4.69) is 15.3 Å². The lowest BCUT2D eigenvalue weighted by Gasteiger charge is -2.21. The van der Waals surface area contributed by atoms with Gasteiger partial charge in [0.2, 0.25) is 5.91 Å². The highest BCUT2D eigenvalue weighted by atomic mass is 16.2. The third-order valence-corrected chi connectivity index (χ3v) is 4.20. The normalized spacial score (nSPS) is 10.6. The van der Waals surface area contributed by atoms with E-state index >= 15 is 0 Å². The van der Waals surface area contributed by atoms with Gasteiger partial charge in [0.1, 0.15) is 12.2 Å². The molecular weight excluding hydrogens is 340 g/mol. The first-order valence-electron chi connectivity index (χ1n) is 8.95. The van der Waals surface area contributed by atoms with Crippen LogP contribution in [0.1, 0.15) is 29.4 Å². The van der Waals surface area contributed by atoms with Crippen LogP contribution >= 0.6 is 0 Å². The molecule has 0 unspecified atom stereocenters. The Morgan fingerprint density at radius 1 is 1.04 bits per heavy atom. The van der Waals surface area contributed by atoms with Crippen LogP contribution in [0.25, 0.3) is 11.0 Å². The molecule has 0 atom stereocenters. The lowest BCUT2D eigenvalue weighted by atomic mass is 10.2. The molecule has 6 heteroatoms. The zero-order valence-corrected chi connectivity index (χ0v) is 15.5. The number of aryl methyl sites for hydroxylation is 1. The van der Waals surface area contributed by atoms with Crippen LogP contribution in [0, 0.1) is 6.92 Å². The summed E-state index contributed by atoms with van der Waals surface area (Å²) < 4.78 is 0. The molecular formula is C21H22N4O2. The number of nitrogens with zero attached hydrogens (tertiary/aromatic N) is 3. The molecule has 0 radical (unpaired) electrons. The second kappa shape index (κ2) is 8.40. The van der Waals surface area contributed by atoms with Gasteiger partial charge in [0.25, 0.3) is 5.91 Å². The van der Waals surface area contributed by atoms with E-state index in [1.54, 1.807) is 0 Å². The van der Waals surface area contributed by atoms with Crippen molar-refractivity contribution in [3.63, 3.8) is 0 Å². The summed E-state index contributed by atoms with van der Waals surface area (Å²) in [6, 6.07) is 14.9. The molecule has 0 spiro atoms. The fraction of sp³-hybridized carbons (Fsp3) is 0.238.